The number of carbonyl (C=O) groups excluding carboxylic acids is 2. The molecule has 11 heteroatoms. The minimum absolute atomic E-state index is 0.00281. The zero-order valence-corrected chi connectivity index (χ0v) is 16.5. The van der Waals surface area contributed by atoms with Gasteiger partial charge < -0.3 is 26.1 Å². The normalized spacial score (nSPS) is 12.1. The summed E-state index contributed by atoms with van der Waals surface area (Å²) in [4.78, 5) is 33.6. The van der Waals surface area contributed by atoms with E-state index in [4.69, 9.17) is 10.8 Å². The molecule has 4 N–H and O–H groups in total. The molecule has 1 aromatic carbocycles. The summed E-state index contributed by atoms with van der Waals surface area (Å²) in [5.41, 5.74) is 6.89. The van der Waals surface area contributed by atoms with E-state index in [-0.39, 0.29) is 25.7 Å². The predicted octanol–water partition coefficient (Wildman–Crippen LogP) is 1.60. The van der Waals surface area contributed by atoms with Crippen LogP contribution in [0.3, 0.4) is 0 Å². The van der Waals surface area contributed by atoms with Crippen molar-refractivity contribution in [2.75, 3.05) is 5.32 Å². The molecular weight excluding hydrogens is 398 g/mol. The van der Waals surface area contributed by atoms with Crippen molar-refractivity contribution in [3.8, 4) is 0 Å². The SMILES string of the molecule is Cn1ccs[c+]1N=Nc1ccc(NC(=O)CCC(N)C(=O)O)cc1CCC(=O)[O-]. The van der Waals surface area contributed by atoms with Gasteiger partial charge in [-0.3, -0.25) is 9.59 Å². The summed E-state index contributed by atoms with van der Waals surface area (Å²) in [6.45, 7) is 0. The Bertz CT molecular complexity index is 927. The third kappa shape index (κ3) is 7.05. The van der Waals surface area contributed by atoms with E-state index in [0.717, 1.165) is 0 Å². The smallest absolute Gasteiger partial charge is 0.320 e. The number of hydrogen-bond donors (Lipinski definition) is 3. The number of carboxylic acids is 2. The average molecular weight is 419 g/mol. The highest BCUT2D eigenvalue weighted by Gasteiger charge is 2.14. The largest absolute Gasteiger partial charge is 0.550 e. The Morgan fingerprint density at radius 1 is 1.38 bits per heavy atom. The molecule has 0 radical (unpaired) electrons. The zero-order valence-electron chi connectivity index (χ0n) is 15.7. The molecule has 10 nitrogen and oxygen atoms in total. The number of carboxylic acid groups (broad SMARTS) is 2. The van der Waals surface area contributed by atoms with Crippen LogP contribution in [-0.2, 0) is 27.9 Å². The van der Waals surface area contributed by atoms with Gasteiger partial charge in [0.1, 0.15) is 6.04 Å². The zero-order chi connectivity index (χ0) is 21.4. The third-order valence-electron chi connectivity index (χ3n) is 3.96. The van der Waals surface area contributed by atoms with Crippen molar-refractivity contribution in [2.45, 2.75) is 31.7 Å². The Balaban J connectivity index is 2.14. The highest BCUT2D eigenvalue weighted by atomic mass is 32.1. The molecule has 0 fully saturated rings. The van der Waals surface area contributed by atoms with Gasteiger partial charge in [0.2, 0.25) is 5.91 Å². The second-order valence-electron chi connectivity index (χ2n) is 6.24. The van der Waals surface area contributed by atoms with Crippen molar-refractivity contribution in [2.24, 2.45) is 23.0 Å². The van der Waals surface area contributed by atoms with E-state index < -0.39 is 23.9 Å². The van der Waals surface area contributed by atoms with E-state index in [9.17, 15) is 19.5 Å². The number of amides is 1. The number of hydrogen-bond acceptors (Lipinski definition) is 8. The highest BCUT2D eigenvalue weighted by molar-refractivity contribution is 7.13. The summed E-state index contributed by atoms with van der Waals surface area (Å²) < 4.78 is 1.80. The molecule has 0 saturated carbocycles. The van der Waals surface area contributed by atoms with Gasteiger partial charge in [-0.2, -0.15) is 0 Å². The second-order valence-corrected chi connectivity index (χ2v) is 7.12. The Morgan fingerprint density at radius 2 is 2.14 bits per heavy atom. The van der Waals surface area contributed by atoms with Gasteiger partial charge in [0.05, 0.1) is 5.69 Å². The molecule has 0 aliphatic heterocycles. The maximum atomic E-state index is 12.0. The number of nitrogens with one attached hydrogen (secondary N) is 1. The predicted molar refractivity (Wildman–Crippen MR) is 105 cm³/mol. The Hall–Kier alpha value is -3.18. The molecule has 1 aromatic heterocycles. The number of carbonyl (C=O) groups is 3. The molecule has 0 spiro atoms. The molecule has 0 saturated heterocycles. The minimum Gasteiger partial charge on any atom is -0.550 e. The first kappa shape index (κ1) is 22.1. The first-order chi connectivity index (χ1) is 13.8. The lowest BCUT2D eigenvalue weighted by Crippen LogP contribution is -2.31. The number of benzene rings is 1. The lowest BCUT2D eigenvalue weighted by atomic mass is 10.1. The number of azo groups is 1. The van der Waals surface area contributed by atoms with E-state index in [0.29, 0.717) is 22.1 Å². The number of nitrogens with zero attached hydrogens (tertiary/aromatic N) is 3. The van der Waals surface area contributed by atoms with Crippen LogP contribution in [-0.4, -0.2) is 33.6 Å². The van der Waals surface area contributed by atoms with E-state index in [1.165, 1.54) is 11.3 Å². The monoisotopic (exact) mass is 419 g/mol. The van der Waals surface area contributed by atoms with Crippen LogP contribution in [0.4, 0.5) is 16.5 Å². The average Bonchev–Trinajstić information content (AvgIpc) is 3.08. The van der Waals surface area contributed by atoms with Crippen molar-refractivity contribution >= 4 is 45.7 Å². The van der Waals surface area contributed by atoms with Crippen molar-refractivity contribution in [3.63, 3.8) is 0 Å². The van der Waals surface area contributed by atoms with E-state index in [2.05, 4.69) is 15.5 Å². The second kappa shape index (κ2) is 10.4. The van der Waals surface area contributed by atoms with Gasteiger partial charge in [0.25, 0.3) is 0 Å². The molecule has 2 aromatic rings. The summed E-state index contributed by atoms with van der Waals surface area (Å²) in [5.74, 6) is -2.77. The minimum atomic E-state index is -1.20. The first-order valence-corrected chi connectivity index (χ1v) is 9.60. The highest BCUT2D eigenvalue weighted by Crippen LogP contribution is 2.28. The van der Waals surface area contributed by atoms with Crippen LogP contribution >= 0.6 is 11.3 Å². The molecule has 0 bridgehead atoms. The molecule has 0 aliphatic rings. The molecule has 29 heavy (non-hydrogen) atoms. The lowest BCUT2D eigenvalue weighted by Gasteiger charge is -2.11. The van der Waals surface area contributed by atoms with Gasteiger partial charge in [-0.05, 0) is 43.0 Å². The number of aromatic nitrogens is 1. The van der Waals surface area contributed by atoms with E-state index in [1.807, 2.05) is 18.6 Å². The van der Waals surface area contributed by atoms with Gasteiger partial charge in [-0.1, -0.05) is 5.11 Å². The standard InChI is InChI=1S/C18H21N5O5S/c1-23-8-9-29-18(23)22-21-14-5-3-12(10-11(14)2-7-16(25)26)20-15(24)6-4-13(19)17(27)28/h3,5,8-10,13H,2,4,6-7,19H2,1H3,(H2-,20,22,24,25,26,27,28). The van der Waals surface area contributed by atoms with E-state index in [1.54, 1.807) is 22.8 Å². The summed E-state index contributed by atoms with van der Waals surface area (Å²) in [6, 6.07) is 3.74. The van der Waals surface area contributed by atoms with Crippen molar-refractivity contribution in [1.29, 1.82) is 0 Å². The van der Waals surface area contributed by atoms with Crippen LogP contribution in [0.5, 0.6) is 0 Å². The molecule has 154 valence electrons. The van der Waals surface area contributed by atoms with Crippen LogP contribution in [0.25, 0.3) is 0 Å². The van der Waals surface area contributed by atoms with Gasteiger partial charge in [-0.25, -0.2) is 4.57 Å². The summed E-state index contributed by atoms with van der Waals surface area (Å²) >= 11 is 1.40. The van der Waals surface area contributed by atoms with Gasteiger partial charge in [0.15, 0.2) is 11.6 Å². The van der Waals surface area contributed by atoms with Crippen LogP contribution in [0.15, 0.2) is 40.0 Å². The van der Waals surface area contributed by atoms with Crippen LogP contribution in [0, 0.1) is 0 Å². The number of aryl methyl sites for hydroxylation is 2. The van der Waals surface area contributed by atoms with Crippen LogP contribution < -0.4 is 16.2 Å². The number of rotatable bonds is 10. The fourth-order valence-corrected chi connectivity index (χ4v) is 3.03. The van der Waals surface area contributed by atoms with Crippen molar-refractivity contribution in [3.05, 3.63) is 35.3 Å². The maximum Gasteiger partial charge on any atom is 0.320 e. The quantitative estimate of drug-likeness (QED) is 0.391. The van der Waals surface area contributed by atoms with E-state index >= 15 is 0 Å². The summed E-state index contributed by atoms with van der Waals surface area (Å²) in [7, 11) is 1.83. The Labute approximate surface area is 170 Å². The number of thiazole rings is 1. The molecule has 1 amide bonds. The number of anilines is 1. The molecule has 1 atom stereocenters. The fourth-order valence-electron chi connectivity index (χ4n) is 2.35. The molecule has 1 unspecified atom stereocenters. The van der Waals surface area contributed by atoms with Crippen LogP contribution in [0.2, 0.25) is 0 Å². The number of nitrogens with two attached hydrogens (primary N) is 1. The van der Waals surface area contributed by atoms with Gasteiger partial charge in [-0.15, -0.1) is 5.11 Å². The van der Waals surface area contributed by atoms with Gasteiger partial charge >= 0.3 is 11.1 Å². The molecule has 2 rings (SSSR count). The Kier molecular flexibility index (Phi) is 7.92. The first-order valence-electron chi connectivity index (χ1n) is 8.72. The molecule has 1 heterocycles. The van der Waals surface area contributed by atoms with Crippen molar-refractivity contribution in [1.82, 2.24) is 4.57 Å². The van der Waals surface area contributed by atoms with Gasteiger partial charge in [0, 0.05) is 36.5 Å². The van der Waals surface area contributed by atoms with Crippen LogP contribution in [0.1, 0.15) is 24.8 Å². The van der Waals surface area contributed by atoms with Crippen molar-refractivity contribution < 1.29 is 24.6 Å². The maximum absolute atomic E-state index is 12.0. The lowest BCUT2D eigenvalue weighted by molar-refractivity contribution is -0.305. The topological polar surface area (TPSA) is 162 Å². The third-order valence-corrected chi connectivity index (χ3v) is 4.80. The molecule has 0 aliphatic carbocycles. The summed E-state index contributed by atoms with van der Waals surface area (Å²) in [5, 5.41) is 33.1. The molecular formula is C18H21N5O5S. The number of aliphatic carboxylic acids is 2. The summed E-state index contributed by atoms with van der Waals surface area (Å²) in [6.07, 6.45) is 1.73. The fraction of sp³-hybridized carbons (Fsp3) is 0.333. The Morgan fingerprint density at radius 3 is 2.76 bits per heavy atom.